The average Bonchev–Trinajstić information content (AvgIpc) is 3.10. The summed E-state index contributed by atoms with van der Waals surface area (Å²) in [6, 6.07) is 23.4. The molecule has 12 heteroatoms. The van der Waals surface area contributed by atoms with Gasteiger partial charge in [0, 0.05) is 6.42 Å². The maximum atomic E-state index is 14.3. The molecule has 0 bridgehead atoms. The maximum Gasteiger partial charge on any atom is 0.344 e. The predicted octanol–water partition coefficient (Wildman–Crippen LogP) is 5.51. The van der Waals surface area contributed by atoms with Crippen LogP contribution in [0.1, 0.15) is 22.3 Å². The minimum Gasteiger partial charge on any atom is -0.507 e. The maximum absolute atomic E-state index is 14.3. The zero-order valence-corrected chi connectivity index (χ0v) is 25.5. The minimum atomic E-state index is -2.88. The molecule has 4 heterocycles. The van der Waals surface area contributed by atoms with Crippen LogP contribution in [-0.2, 0) is 11.8 Å². The quantitative estimate of drug-likeness (QED) is 0.168. The van der Waals surface area contributed by atoms with Crippen molar-refractivity contribution in [3.63, 3.8) is 0 Å². The smallest absolute Gasteiger partial charge is 0.344 e. The molecule has 0 amide bonds. The summed E-state index contributed by atoms with van der Waals surface area (Å²) in [7, 11) is 0. The van der Waals surface area contributed by atoms with Gasteiger partial charge in [0.25, 0.3) is 0 Å². The third-order valence-electron chi connectivity index (χ3n) is 8.96. The molecular formula is C38H22O12. The summed E-state index contributed by atoms with van der Waals surface area (Å²) in [5.41, 5.74) is -11.5. The van der Waals surface area contributed by atoms with Crippen LogP contribution in [0.3, 0.4) is 0 Å². The lowest BCUT2D eigenvalue weighted by atomic mass is 9.65. The Kier molecular flexibility index (Phi) is 6.65. The average molecular weight is 671 g/mol. The van der Waals surface area contributed by atoms with Crippen molar-refractivity contribution in [3.8, 4) is 23.0 Å². The zero-order chi connectivity index (χ0) is 34.9. The van der Waals surface area contributed by atoms with E-state index in [-0.39, 0.29) is 43.9 Å². The van der Waals surface area contributed by atoms with Crippen molar-refractivity contribution in [3.05, 3.63) is 161 Å². The van der Waals surface area contributed by atoms with Crippen molar-refractivity contribution in [2.75, 3.05) is 0 Å². The Morgan fingerprint density at radius 3 is 1.02 bits per heavy atom. The fourth-order valence-electron chi connectivity index (χ4n) is 6.76. The third kappa shape index (κ3) is 4.25. The van der Waals surface area contributed by atoms with Gasteiger partial charge in [0.1, 0.15) is 45.3 Å². The second-order valence-electron chi connectivity index (χ2n) is 11.6. The number of hydrogen-bond donors (Lipinski definition) is 4. The summed E-state index contributed by atoms with van der Waals surface area (Å²) < 4.78 is 22.4. The van der Waals surface area contributed by atoms with Crippen molar-refractivity contribution in [1.82, 2.24) is 0 Å². The molecule has 0 aliphatic carbocycles. The van der Waals surface area contributed by atoms with E-state index in [9.17, 15) is 39.6 Å². The van der Waals surface area contributed by atoms with Gasteiger partial charge >= 0.3 is 22.5 Å². The van der Waals surface area contributed by atoms with Gasteiger partial charge in [0.15, 0.2) is 0 Å². The number of benzene rings is 4. The molecule has 0 spiro atoms. The van der Waals surface area contributed by atoms with Crippen molar-refractivity contribution < 1.29 is 38.1 Å². The molecule has 8 aromatic rings. The monoisotopic (exact) mass is 670 g/mol. The Balaban J connectivity index is 1.67. The first-order valence-electron chi connectivity index (χ1n) is 15.1. The Labute approximate surface area is 277 Å². The second kappa shape index (κ2) is 11.0. The highest BCUT2D eigenvalue weighted by molar-refractivity contribution is 5.91. The van der Waals surface area contributed by atoms with Crippen molar-refractivity contribution in [2.24, 2.45) is 0 Å². The highest BCUT2D eigenvalue weighted by Crippen LogP contribution is 2.51. The van der Waals surface area contributed by atoms with E-state index in [1.54, 1.807) is 12.1 Å². The molecule has 0 radical (unpaired) electrons. The van der Waals surface area contributed by atoms with Gasteiger partial charge in [-0.2, -0.15) is 0 Å². The highest BCUT2D eigenvalue weighted by Gasteiger charge is 2.52. The summed E-state index contributed by atoms with van der Waals surface area (Å²) >= 11 is 0. The first-order valence-corrected chi connectivity index (χ1v) is 15.1. The lowest BCUT2D eigenvalue weighted by Crippen LogP contribution is -2.44. The van der Waals surface area contributed by atoms with Crippen LogP contribution in [0.4, 0.5) is 0 Å². The molecule has 50 heavy (non-hydrogen) atoms. The second-order valence-corrected chi connectivity index (χ2v) is 11.6. The summed E-state index contributed by atoms with van der Waals surface area (Å²) in [4.78, 5) is 56.6. The van der Waals surface area contributed by atoms with Crippen LogP contribution in [0.25, 0.3) is 43.9 Å². The van der Waals surface area contributed by atoms with E-state index in [0.717, 1.165) is 0 Å². The normalized spacial score (nSPS) is 11.9. The first kappa shape index (κ1) is 30.3. The fraction of sp³-hybridized carbons (Fsp3) is 0.0526. The molecule has 0 fully saturated rings. The van der Waals surface area contributed by atoms with Crippen molar-refractivity contribution in [2.45, 2.75) is 11.8 Å². The van der Waals surface area contributed by atoms with E-state index < -0.39 is 79.6 Å². The van der Waals surface area contributed by atoms with Gasteiger partial charge in [-0.1, -0.05) is 48.5 Å². The SMILES string of the molecule is O=c1oc2ccccc2c(O)c1CC(c1c(O)c2ccccc2oc1=O)(c1c(O)c2ccccc2oc1=O)c1c(O)c2ccccc2oc1=O. The first-order chi connectivity index (χ1) is 24.1. The van der Waals surface area contributed by atoms with Crippen LogP contribution >= 0.6 is 0 Å². The van der Waals surface area contributed by atoms with E-state index in [1.807, 2.05) is 0 Å². The molecule has 246 valence electrons. The van der Waals surface area contributed by atoms with Crippen molar-refractivity contribution >= 4 is 43.9 Å². The molecule has 12 nitrogen and oxygen atoms in total. The molecule has 4 aromatic carbocycles. The van der Waals surface area contributed by atoms with E-state index in [0.29, 0.717) is 0 Å². The Bertz CT molecular complexity index is 2710. The van der Waals surface area contributed by atoms with Gasteiger partial charge < -0.3 is 38.1 Å². The molecule has 0 aliphatic rings. The summed E-state index contributed by atoms with van der Waals surface area (Å²) in [6.07, 6.45) is -1.06. The Morgan fingerprint density at radius 2 is 0.680 bits per heavy atom. The van der Waals surface area contributed by atoms with Gasteiger partial charge in [0.05, 0.1) is 49.2 Å². The van der Waals surface area contributed by atoms with Crippen LogP contribution in [0, 0.1) is 0 Å². The third-order valence-corrected chi connectivity index (χ3v) is 8.96. The van der Waals surface area contributed by atoms with Crippen LogP contribution in [0.2, 0.25) is 0 Å². The molecule has 0 unspecified atom stereocenters. The summed E-state index contributed by atoms with van der Waals surface area (Å²) in [5.74, 6) is -3.17. The molecule has 0 atom stereocenters. The highest BCUT2D eigenvalue weighted by atomic mass is 16.4. The molecular weight excluding hydrogens is 648 g/mol. The van der Waals surface area contributed by atoms with Gasteiger partial charge in [-0.25, -0.2) is 19.2 Å². The number of para-hydroxylation sites is 4. The number of aromatic hydroxyl groups is 4. The Hall–Kier alpha value is -7.08. The van der Waals surface area contributed by atoms with Crippen LogP contribution in [-0.4, -0.2) is 20.4 Å². The van der Waals surface area contributed by atoms with Gasteiger partial charge in [-0.3, -0.25) is 0 Å². The predicted molar refractivity (Wildman–Crippen MR) is 180 cm³/mol. The molecule has 0 saturated heterocycles. The standard InChI is InChI=1S/C38H22O12/c39-30-18-9-1-5-13-23(18)47-34(43)22(30)17-38(27-31(40)19-10-2-6-14-24(19)48-35(27)44,28-32(41)20-11-3-7-15-25(20)49-36(28)45)29-33(42)21-12-4-8-16-26(21)50-37(29)46/h1-16,39-42H,17H2. The summed E-state index contributed by atoms with van der Waals surface area (Å²) in [6.45, 7) is 0. The topological polar surface area (TPSA) is 202 Å². The molecule has 8 rings (SSSR count). The molecule has 4 N–H and O–H groups in total. The lowest BCUT2D eigenvalue weighted by molar-refractivity contribution is 0.378. The summed E-state index contributed by atoms with van der Waals surface area (Å²) in [5, 5.41) is 47.5. The van der Waals surface area contributed by atoms with Gasteiger partial charge in [-0.05, 0) is 48.5 Å². The minimum absolute atomic E-state index is 0.0152. The van der Waals surface area contributed by atoms with Crippen molar-refractivity contribution in [1.29, 1.82) is 0 Å². The van der Waals surface area contributed by atoms with Gasteiger partial charge in [-0.15, -0.1) is 0 Å². The van der Waals surface area contributed by atoms with Gasteiger partial charge in [0.2, 0.25) is 0 Å². The number of fused-ring (bicyclic) bond motifs is 4. The fourth-order valence-corrected chi connectivity index (χ4v) is 6.76. The molecule has 0 aliphatic heterocycles. The van der Waals surface area contributed by atoms with E-state index >= 15 is 0 Å². The van der Waals surface area contributed by atoms with E-state index in [2.05, 4.69) is 0 Å². The van der Waals surface area contributed by atoms with Crippen LogP contribution < -0.4 is 22.5 Å². The lowest BCUT2D eigenvalue weighted by Gasteiger charge is -2.34. The van der Waals surface area contributed by atoms with E-state index in [4.69, 9.17) is 17.7 Å². The van der Waals surface area contributed by atoms with E-state index in [1.165, 1.54) is 84.9 Å². The van der Waals surface area contributed by atoms with Crippen LogP contribution in [0.5, 0.6) is 23.0 Å². The number of hydrogen-bond acceptors (Lipinski definition) is 12. The molecule has 0 saturated carbocycles. The largest absolute Gasteiger partial charge is 0.507 e. The zero-order valence-electron chi connectivity index (χ0n) is 25.5. The Morgan fingerprint density at radius 1 is 0.400 bits per heavy atom. The molecule has 4 aromatic heterocycles. The number of rotatable bonds is 5. The van der Waals surface area contributed by atoms with Crippen LogP contribution in [0.15, 0.2) is 134 Å².